The Morgan fingerprint density at radius 3 is 2.29 bits per heavy atom. The number of hydrogen-bond donors (Lipinski definition) is 0. The number of hydrogen-bond acceptors (Lipinski definition) is 4. The van der Waals surface area contributed by atoms with E-state index in [1.165, 1.54) is 0 Å². The van der Waals surface area contributed by atoms with Crippen LogP contribution >= 0.6 is 0 Å². The van der Waals surface area contributed by atoms with Gasteiger partial charge >= 0.3 is 5.97 Å². The maximum Gasteiger partial charge on any atom is 0.339 e. The Bertz CT molecular complexity index is 1150. The van der Waals surface area contributed by atoms with Gasteiger partial charge in [-0.25, -0.2) is 4.79 Å². The number of carbonyl (C=O) groups is 2. The average Bonchev–Trinajstić information content (AvgIpc) is 2.77. The molecule has 0 unspecified atom stereocenters. The largest absolute Gasteiger partial charge is 0.457 e. The summed E-state index contributed by atoms with van der Waals surface area (Å²) in [7, 11) is 0. The first-order valence-corrected chi connectivity index (χ1v) is 8.92. The van der Waals surface area contributed by atoms with Crippen molar-refractivity contribution in [3.8, 4) is 0 Å². The fourth-order valence-electron chi connectivity index (χ4n) is 3.11. The van der Waals surface area contributed by atoms with E-state index in [9.17, 15) is 9.59 Å². The van der Waals surface area contributed by atoms with E-state index < -0.39 is 5.97 Å². The van der Waals surface area contributed by atoms with Gasteiger partial charge in [0.25, 0.3) is 0 Å². The third-order valence-corrected chi connectivity index (χ3v) is 4.50. The van der Waals surface area contributed by atoms with Crippen LogP contribution in [0.3, 0.4) is 0 Å². The van der Waals surface area contributed by atoms with Crippen molar-refractivity contribution in [3.63, 3.8) is 0 Å². The lowest BCUT2D eigenvalue weighted by Gasteiger charge is -2.10. The van der Waals surface area contributed by atoms with Crippen LogP contribution in [-0.2, 0) is 11.3 Å². The molecule has 0 atom stereocenters. The zero-order valence-corrected chi connectivity index (χ0v) is 15.0. The molecule has 0 spiro atoms. The monoisotopic (exact) mass is 367 g/mol. The number of esters is 1. The van der Waals surface area contributed by atoms with Crippen molar-refractivity contribution in [2.45, 2.75) is 6.61 Å². The summed E-state index contributed by atoms with van der Waals surface area (Å²) in [6.07, 6.45) is 1.71. The minimum absolute atomic E-state index is 0.0844. The molecule has 0 bridgehead atoms. The first-order chi connectivity index (χ1) is 13.7. The van der Waals surface area contributed by atoms with Gasteiger partial charge in [-0.3, -0.25) is 9.78 Å². The first kappa shape index (κ1) is 17.6. The molecule has 4 rings (SSSR count). The average molecular weight is 367 g/mol. The highest BCUT2D eigenvalue weighted by atomic mass is 16.5. The number of nitrogens with zero attached hydrogens (tertiary/aromatic N) is 1. The number of carbonyl (C=O) groups excluding carboxylic acids is 2. The van der Waals surface area contributed by atoms with E-state index in [4.69, 9.17) is 4.74 Å². The van der Waals surface area contributed by atoms with Crippen LogP contribution in [0.5, 0.6) is 0 Å². The van der Waals surface area contributed by atoms with E-state index in [2.05, 4.69) is 4.98 Å². The molecule has 0 aliphatic heterocycles. The van der Waals surface area contributed by atoms with Crippen molar-refractivity contribution in [1.29, 1.82) is 0 Å². The second-order valence-electron chi connectivity index (χ2n) is 6.31. The number of rotatable bonds is 5. The summed E-state index contributed by atoms with van der Waals surface area (Å²) in [4.78, 5) is 29.9. The summed E-state index contributed by atoms with van der Waals surface area (Å²) in [5.74, 6) is -0.743. The molecular formula is C24H17NO3. The zero-order valence-electron chi connectivity index (χ0n) is 15.0. The van der Waals surface area contributed by atoms with Crippen molar-refractivity contribution in [1.82, 2.24) is 4.98 Å². The normalized spacial score (nSPS) is 10.6. The molecule has 0 saturated heterocycles. The van der Waals surface area contributed by atoms with E-state index in [0.717, 1.165) is 16.5 Å². The quantitative estimate of drug-likeness (QED) is 0.375. The van der Waals surface area contributed by atoms with Gasteiger partial charge in [0.05, 0.1) is 11.1 Å². The second kappa shape index (κ2) is 7.84. The number of ether oxygens (including phenoxy) is 1. The maximum absolute atomic E-state index is 12.8. The van der Waals surface area contributed by atoms with Crippen molar-refractivity contribution >= 4 is 22.7 Å². The Morgan fingerprint density at radius 1 is 0.750 bits per heavy atom. The van der Waals surface area contributed by atoms with Crippen LogP contribution in [0.25, 0.3) is 10.9 Å². The van der Waals surface area contributed by atoms with E-state index in [1.54, 1.807) is 54.7 Å². The van der Waals surface area contributed by atoms with E-state index in [-0.39, 0.29) is 18.0 Å². The van der Waals surface area contributed by atoms with Crippen molar-refractivity contribution in [3.05, 3.63) is 113 Å². The lowest BCUT2D eigenvalue weighted by Crippen LogP contribution is -2.12. The Balaban J connectivity index is 1.58. The second-order valence-corrected chi connectivity index (χ2v) is 6.31. The summed E-state index contributed by atoms with van der Waals surface area (Å²) in [5.41, 5.74) is 2.73. The van der Waals surface area contributed by atoms with Crippen LogP contribution in [0.2, 0.25) is 0 Å². The molecule has 0 radical (unpaired) electrons. The molecule has 136 valence electrons. The van der Waals surface area contributed by atoms with Crippen LogP contribution in [-0.4, -0.2) is 16.7 Å². The van der Waals surface area contributed by atoms with Gasteiger partial charge in [0, 0.05) is 28.3 Å². The summed E-state index contributed by atoms with van der Waals surface area (Å²) in [5, 5.41) is 0.982. The minimum Gasteiger partial charge on any atom is -0.457 e. The number of pyridine rings is 1. The van der Waals surface area contributed by atoms with Crippen molar-refractivity contribution in [2.75, 3.05) is 0 Å². The number of fused-ring (bicyclic) bond motifs is 1. The number of benzene rings is 3. The topological polar surface area (TPSA) is 56.3 Å². The summed E-state index contributed by atoms with van der Waals surface area (Å²) in [6.45, 7) is 0.0844. The Labute approximate surface area is 162 Å². The van der Waals surface area contributed by atoms with Crippen molar-refractivity contribution in [2.24, 2.45) is 0 Å². The van der Waals surface area contributed by atoms with Crippen LogP contribution in [0.15, 0.2) is 91.1 Å². The predicted octanol–water partition coefficient (Wildman–Crippen LogP) is 4.82. The predicted molar refractivity (Wildman–Crippen MR) is 107 cm³/mol. The van der Waals surface area contributed by atoms with Gasteiger partial charge < -0.3 is 4.74 Å². The van der Waals surface area contributed by atoms with Crippen LogP contribution in [0.1, 0.15) is 31.8 Å². The van der Waals surface area contributed by atoms with Gasteiger partial charge in [0.2, 0.25) is 0 Å². The third kappa shape index (κ3) is 3.53. The number of para-hydroxylation sites is 1. The molecular weight excluding hydrogens is 350 g/mol. The molecule has 4 aromatic rings. The molecule has 0 saturated carbocycles. The summed E-state index contributed by atoms with van der Waals surface area (Å²) < 4.78 is 5.52. The highest BCUT2D eigenvalue weighted by molar-refractivity contribution is 6.14. The molecule has 0 fully saturated rings. The summed E-state index contributed by atoms with van der Waals surface area (Å²) >= 11 is 0. The van der Waals surface area contributed by atoms with Gasteiger partial charge in [0.1, 0.15) is 6.61 Å². The van der Waals surface area contributed by atoms with Crippen LogP contribution < -0.4 is 0 Å². The minimum atomic E-state index is -0.534. The van der Waals surface area contributed by atoms with Gasteiger partial charge in [-0.05, 0) is 12.1 Å². The van der Waals surface area contributed by atoms with E-state index in [0.29, 0.717) is 11.1 Å². The smallest absolute Gasteiger partial charge is 0.339 e. The number of ketones is 1. The van der Waals surface area contributed by atoms with Crippen molar-refractivity contribution < 1.29 is 14.3 Å². The van der Waals surface area contributed by atoms with Gasteiger partial charge in [-0.2, -0.15) is 0 Å². The molecule has 0 N–H and O–H groups in total. The first-order valence-electron chi connectivity index (χ1n) is 8.92. The molecule has 0 aliphatic carbocycles. The number of aromatic nitrogens is 1. The third-order valence-electron chi connectivity index (χ3n) is 4.50. The Kier molecular flexibility index (Phi) is 4.93. The maximum atomic E-state index is 12.8. The molecule has 0 amide bonds. The fourth-order valence-corrected chi connectivity index (χ4v) is 3.11. The molecule has 28 heavy (non-hydrogen) atoms. The Morgan fingerprint density at radius 2 is 1.46 bits per heavy atom. The molecule has 1 heterocycles. The van der Waals surface area contributed by atoms with Crippen LogP contribution in [0, 0.1) is 0 Å². The molecule has 4 heteroatoms. The van der Waals surface area contributed by atoms with Gasteiger partial charge in [-0.1, -0.05) is 72.8 Å². The van der Waals surface area contributed by atoms with E-state index >= 15 is 0 Å². The standard InChI is InChI=1S/C24H17NO3/c26-23(18-8-2-1-3-9-18)20-13-4-5-14-21(20)24(27)28-16-19-11-6-10-17-12-7-15-25-22(17)19/h1-15H,16H2. The molecule has 4 nitrogen and oxygen atoms in total. The SMILES string of the molecule is O=C(OCc1cccc2cccnc12)c1ccccc1C(=O)c1ccccc1. The lowest BCUT2D eigenvalue weighted by molar-refractivity contribution is 0.0471. The summed E-state index contributed by atoms with van der Waals surface area (Å²) in [6, 6.07) is 25.2. The highest BCUT2D eigenvalue weighted by Gasteiger charge is 2.19. The van der Waals surface area contributed by atoms with Crippen LogP contribution in [0.4, 0.5) is 0 Å². The van der Waals surface area contributed by atoms with Gasteiger partial charge in [0.15, 0.2) is 5.78 Å². The van der Waals surface area contributed by atoms with Gasteiger partial charge in [-0.15, -0.1) is 0 Å². The van der Waals surface area contributed by atoms with E-state index in [1.807, 2.05) is 36.4 Å². The molecule has 0 aliphatic rings. The lowest BCUT2D eigenvalue weighted by atomic mass is 9.98. The highest BCUT2D eigenvalue weighted by Crippen LogP contribution is 2.19. The Hall–Kier alpha value is -3.79. The fraction of sp³-hybridized carbons (Fsp3) is 0.0417. The molecule has 3 aromatic carbocycles. The zero-order chi connectivity index (χ0) is 19.3. The molecule has 1 aromatic heterocycles.